The van der Waals surface area contributed by atoms with Crippen molar-refractivity contribution >= 4 is 30.7 Å². The summed E-state index contributed by atoms with van der Waals surface area (Å²) in [6, 6.07) is 9.94. The minimum Gasteiger partial charge on any atom is -0.492 e. The van der Waals surface area contributed by atoms with Crippen LogP contribution in [0.3, 0.4) is 0 Å². The van der Waals surface area contributed by atoms with E-state index < -0.39 is 0 Å². The summed E-state index contributed by atoms with van der Waals surface area (Å²) in [7, 11) is 0. The van der Waals surface area contributed by atoms with E-state index in [-0.39, 0.29) is 24.8 Å². The number of fused-ring (bicyclic) bond motifs is 1. The molecule has 2 aliphatic heterocycles. The second-order valence-electron chi connectivity index (χ2n) is 6.84. The van der Waals surface area contributed by atoms with Crippen molar-refractivity contribution in [2.24, 2.45) is 17.8 Å². The zero-order chi connectivity index (χ0) is 15.6. The minimum absolute atomic E-state index is 0. The molecular weight excluding hydrogens is 361 g/mol. The molecule has 3 atom stereocenters. The lowest BCUT2D eigenvalue weighted by molar-refractivity contribution is -0.135. The first-order valence-corrected chi connectivity index (χ1v) is 8.72. The van der Waals surface area contributed by atoms with Gasteiger partial charge in [-0.05, 0) is 37.1 Å². The Bertz CT molecular complexity index is 543. The van der Waals surface area contributed by atoms with Gasteiger partial charge in [0.25, 0.3) is 0 Å². The van der Waals surface area contributed by atoms with Gasteiger partial charge in [0.05, 0.1) is 0 Å². The van der Waals surface area contributed by atoms with Gasteiger partial charge >= 0.3 is 0 Å². The predicted molar refractivity (Wildman–Crippen MR) is 103 cm³/mol. The monoisotopic (exact) mass is 387 g/mol. The summed E-state index contributed by atoms with van der Waals surface area (Å²) in [6.07, 6.45) is 0. The van der Waals surface area contributed by atoms with E-state index in [2.05, 4.69) is 15.1 Å². The summed E-state index contributed by atoms with van der Waals surface area (Å²) in [5, 5.41) is 3.36. The average Bonchev–Trinajstić information content (AvgIpc) is 3.07. The Morgan fingerprint density at radius 1 is 1.04 bits per heavy atom. The molecule has 25 heavy (non-hydrogen) atoms. The molecular formula is C18H27Cl2N3O2. The Morgan fingerprint density at radius 2 is 1.68 bits per heavy atom. The van der Waals surface area contributed by atoms with E-state index >= 15 is 0 Å². The SMILES string of the molecule is Cl.Cl.O=C(C1[C@H]2CNC[C@@H]12)N1CCN(CCOc2ccccc2)CC1. The fourth-order valence-electron chi connectivity index (χ4n) is 4.00. The molecule has 0 spiro atoms. The topological polar surface area (TPSA) is 44.8 Å². The zero-order valence-corrected chi connectivity index (χ0v) is 15.9. The standard InChI is InChI=1S/C18H25N3O2.2ClH/c22-18(17-15-12-19-13-16(15)17)21-8-6-20(7-9-21)10-11-23-14-4-2-1-3-5-14;;/h1-5,15-17,19H,6-13H2;2*1H/t15-,16+,17?;;. The molecule has 1 saturated carbocycles. The molecule has 3 aliphatic rings. The zero-order valence-electron chi connectivity index (χ0n) is 14.3. The van der Waals surface area contributed by atoms with Crippen molar-refractivity contribution in [2.45, 2.75) is 0 Å². The molecule has 3 fully saturated rings. The molecule has 0 bridgehead atoms. The Kier molecular flexibility index (Phi) is 7.37. The molecule has 1 aromatic carbocycles. The van der Waals surface area contributed by atoms with Gasteiger partial charge in [-0.25, -0.2) is 0 Å². The molecule has 1 amide bonds. The Labute approximate surface area is 161 Å². The molecule has 0 aromatic heterocycles. The first kappa shape index (κ1) is 20.3. The van der Waals surface area contributed by atoms with E-state index in [4.69, 9.17) is 4.74 Å². The van der Waals surface area contributed by atoms with Gasteiger partial charge in [0.2, 0.25) is 5.91 Å². The van der Waals surface area contributed by atoms with Gasteiger partial charge in [0.1, 0.15) is 12.4 Å². The number of carbonyl (C=O) groups excluding carboxylic acids is 1. The first-order chi connectivity index (χ1) is 11.3. The number of halogens is 2. The number of piperazine rings is 1. The van der Waals surface area contributed by atoms with Crippen molar-refractivity contribution in [1.29, 1.82) is 0 Å². The van der Waals surface area contributed by atoms with Crippen molar-refractivity contribution in [2.75, 3.05) is 52.4 Å². The van der Waals surface area contributed by atoms with Crippen LogP contribution in [0.25, 0.3) is 0 Å². The largest absolute Gasteiger partial charge is 0.492 e. The highest BCUT2D eigenvalue weighted by atomic mass is 35.5. The third-order valence-corrected chi connectivity index (χ3v) is 5.48. The average molecular weight is 388 g/mol. The Morgan fingerprint density at radius 3 is 2.32 bits per heavy atom. The summed E-state index contributed by atoms with van der Waals surface area (Å²) in [5.41, 5.74) is 0. The van der Waals surface area contributed by atoms with Crippen LogP contribution in [-0.4, -0.2) is 68.1 Å². The Hall–Kier alpha value is -1.01. The summed E-state index contributed by atoms with van der Waals surface area (Å²) in [5.74, 6) is 2.90. The number of nitrogens with one attached hydrogen (secondary N) is 1. The number of hydrogen-bond donors (Lipinski definition) is 1. The smallest absolute Gasteiger partial charge is 0.226 e. The third kappa shape index (κ3) is 4.59. The van der Waals surface area contributed by atoms with Crippen LogP contribution < -0.4 is 10.1 Å². The van der Waals surface area contributed by atoms with Crippen molar-refractivity contribution < 1.29 is 9.53 Å². The van der Waals surface area contributed by atoms with E-state index in [0.29, 0.717) is 30.3 Å². The van der Waals surface area contributed by atoms with Crippen molar-refractivity contribution in [3.63, 3.8) is 0 Å². The van der Waals surface area contributed by atoms with E-state index in [0.717, 1.165) is 51.6 Å². The molecule has 5 nitrogen and oxygen atoms in total. The molecule has 4 rings (SSSR count). The fraction of sp³-hybridized carbons (Fsp3) is 0.611. The summed E-state index contributed by atoms with van der Waals surface area (Å²) in [4.78, 5) is 17.0. The normalized spacial score (nSPS) is 27.7. The maximum atomic E-state index is 12.5. The number of piperidine rings is 1. The predicted octanol–water partition coefficient (Wildman–Crippen LogP) is 1.52. The van der Waals surface area contributed by atoms with Crippen LogP contribution in [0.15, 0.2) is 30.3 Å². The second kappa shape index (κ2) is 9.08. The third-order valence-electron chi connectivity index (χ3n) is 5.48. The number of amides is 1. The number of hydrogen-bond acceptors (Lipinski definition) is 4. The number of carbonyl (C=O) groups is 1. The number of ether oxygens (including phenoxy) is 1. The van der Waals surface area contributed by atoms with Gasteiger partial charge in [-0.15, -0.1) is 24.8 Å². The van der Waals surface area contributed by atoms with Crippen molar-refractivity contribution in [3.8, 4) is 5.75 Å². The minimum atomic E-state index is 0. The highest BCUT2D eigenvalue weighted by Crippen LogP contribution is 2.49. The van der Waals surface area contributed by atoms with Gasteiger partial charge in [-0.1, -0.05) is 18.2 Å². The molecule has 1 unspecified atom stereocenters. The lowest BCUT2D eigenvalue weighted by Crippen LogP contribution is -2.50. The van der Waals surface area contributed by atoms with Crippen LogP contribution in [0, 0.1) is 17.8 Å². The van der Waals surface area contributed by atoms with Crippen LogP contribution in [0.1, 0.15) is 0 Å². The number of rotatable bonds is 5. The van der Waals surface area contributed by atoms with Gasteiger partial charge in [-0.3, -0.25) is 9.69 Å². The number of nitrogens with zero attached hydrogens (tertiary/aromatic N) is 2. The number of para-hydroxylation sites is 1. The van der Waals surface area contributed by atoms with Crippen LogP contribution in [-0.2, 0) is 4.79 Å². The maximum Gasteiger partial charge on any atom is 0.226 e. The molecule has 2 heterocycles. The lowest BCUT2D eigenvalue weighted by atomic mass is 10.2. The van der Waals surface area contributed by atoms with E-state index in [1.807, 2.05) is 30.3 Å². The summed E-state index contributed by atoms with van der Waals surface area (Å²) >= 11 is 0. The molecule has 0 radical (unpaired) electrons. The molecule has 1 N–H and O–H groups in total. The second-order valence-corrected chi connectivity index (χ2v) is 6.84. The molecule has 2 saturated heterocycles. The van der Waals surface area contributed by atoms with E-state index in [1.54, 1.807) is 0 Å². The van der Waals surface area contributed by atoms with E-state index in [1.165, 1.54) is 0 Å². The molecule has 7 heteroatoms. The highest BCUT2D eigenvalue weighted by Gasteiger charge is 2.57. The Balaban J connectivity index is 0.00000113. The number of benzene rings is 1. The summed E-state index contributed by atoms with van der Waals surface area (Å²) < 4.78 is 5.75. The van der Waals surface area contributed by atoms with Crippen molar-refractivity contribution in [3.05, 3.63) is 30.3 Å². The van der Waals surface area contributed by atoms with Crippen molar-refractivity contribution in [1.82, 2.24) is 15.1 Å². The lowest BCUT2D eigenvalue weighted by Gasteiger charge is -2.35. The van der Waals surface area contributed by atoms with Crippen LogP contribution in [0.4, 0.5) is 0 Å². The van der Waals surface area contributed by atoms with Gasteiger partial charge in [0.15, 0.2) is 0 Å². The molecule has 1 aromatic rings. The van der Waals surface area contributed by atoms with E-state index in [9.17, 15) is 4.79 Å². The van der Waals surface area contributed by atoms with Gasteiger partial charge in [0, 0.05) is 38.6 Å². The maximum absolute atomic E-state index is 12.5. The van der Waals surface area contributed by atoms with Gasteiger partial charge in [-0.2, -0.15) is 0 Å². The van der Waals surface area contributed by atoms with Crippen LogP contribution >= 0.6 is 24.8 Å². The van der Waals surface area contributed by atoms with Crippen LogP contribution in [0.5, 0.6) is 5.75 Å². The fourth-order valence-corrected chi connectivity index (χ4v) is 4.00. The van der Waals surface area contributed by atoms with Crippen LogP contribution in [0.2, 0.25) is 0 Å². The molecule has 1 aliphatic carbocycles. The quantitative estimate of drug-likeness (QED) is 0.831. The molecule has 140 valence electrons. The highest BCUT2D eigenvalue weighted by molar-refractivity contribution is 5.85. The summed E-state index contributed by atoms with van der Waals surface area (Å²) in [6.45, 7) is 7.37. The first-order valence-electron chi connectivity index (χ1n) is 8.72. The van der Waals surface area contributed by atoms with Gasteiger partial charge < -0.3 is 15.0 Å².